The SMILES string of the molecule is Cc1cccc(COc2ccc(C(O)=C3C(=O)C(=O)N(c4nnc(SCc5ccccc5)s4)C3c3ccc(Cl)c(Cl)c3)cc2)c1. The third-order valence-electron chi connectivity index (χ3n) is 7.13. The number of carbonyl (C=O) groups is 2. The molecule has 226 valence electrons. The van der Waals surface area contributed by atoms with E-state index in [4.69, 9.17) is 27.9 Å². The van der Waals surface area contributed by atoms with Crippen LogP contribution in [0.3, 0.4) is 0 Å². The highest BCUT2D eigenvalue weighted by Gasteiger charge is 2.48. The molecule has 1 N–H and O–H groups in total. The number of anilines is 1. The lowest BCUT2D eigenvalue weighted by Crippen LogP contribution is -2.29. The Morgan fingerprint density at radius 1 is 0.911 bits per heavy atom. The molecular weight excluding hydrogens is 649 g/mol. The van der Waals surface area contributed by atoms with E-state index in [1.54, 1.807) is 42.5 Å². The number of benzene rings is 4. The first-order valence-corrected chi connectivity index (χ1v) is 16.4. The first kappa shape index (κ1) is 30.9. The van der Waals surface area contributed by atoms with Crippen molar-refractivity contribution in [1.82, 2.24) is 10.2 Å². The Bertz CT molecular complexity index is 1910. The van der Waals surface area contributed by atoms with Crippen molar-refractivity contribution < 1.29 is 19.4 Å². The van der Waals surface area contributed by atoms with Gasteiger partial charge in [0.15, 0.2) is 4.34 Å². The van der Waals surface area contributed by atoms with Gasteiger partial charge >= 0.3 is 5.91 Å². The van der Waals surface area contributed by atoms with Crippen LogP contribution in [0.25, 0.3) is 5.76 Å². The van der Waals surface area contributed by atoms with Crippen molar-refractivity contribution in [3.8, 4) is 5.75 Å². The summed E-state index contributed by atoms with van der Waals surface area (Å²) in [5.41, 5.74) is 4.01. The number of ketones is 1. The number of hydrogen-bond acceptors (Lipinski definition) is 8. The lowest BCUT2D eigenvalue weighted by molar-refractivity contribution is -0.132. The average Bonchev–Trinajstić information content (AvgIpc) is 3.62. The summed E-state index contributed by atoms with van der Waals surface area (Å²) in [5, 5.41) is 20.8. The smallest absolute Gasteiger partial charge is 0.301 e. The molecule has 0 saturated carbocycles. The highest BCUT2D eigenvalue weighted by molar-refractivity contribution is 8.00. The average molecular weight is 675 g/mol. The molecular formula is C34H25Cl2N3O4S2. The minimum absolute atomic E-state index is 0.0968. The summed E-state index contributed by atoms with van der Waals surface area (Å²) in [6.07, 6.45) is 0. The van der Waals surface area contributed by atoms with Gasteiger partial charge in [-0.05, 0) is 60.0 Å². The minimum atomic E-state index is -1.02. The van der Waals surface area contributed by atoms with Gasteiger partial charge in [-0.25, -0.2) is 0 Å². The fourth-order valence-corrected chi connectivity index (χ4v) is 7.07. The van der Waals surface area contributed by atoms with Crippen molar-refractivity contribution in [2.24, 2.45) is 0 Å². The Morgan fingerprint density at radius 3 is 2.40 bits per heavy atom. The Balaban J connectivity index is 1.32. The maximum Gasteiger partial charge on any atom is 0.301 e. The predicted octanol–water partition coefficient (Wildman–Crippen LogP) is 8.65. The number of thioether (sulfide) groups is 1. The zero-order valence-corrected chi connectivity index (χ0v) is 27.0. The van der Waals surface area contributed by atoms with Crippen LogP contribution in [-0.2, 0) is 21.9 Å². The number of ether oxygens (including phenoxy) is 1. The molecule has 1 fully saturated rings. The summed E-state index contributed by atoms with van der Waals surface area (Å²) in [6, 6.07) is 28.4. The second-order valence-electron chi connectivity index (χ2n) is 10.3. The molecule has 1 unspecified atom stereocenters. The third-order valence-corrected chi connectivity index (χ3v) is 9.99. The summed E-state index contributed by atoms with van der Waals surface area (Å²) in [7, 11) is 0. The molecule has 1 amide bonds. The minimum Gasteiger partial charge on any atom is -0.507 e. The number of halogens is 2. The van der Waals surface area contributed by atoms with Crippen LogP contribution in [0.4, 0.5) is 5.13 Å². The number of aromatic nitrogens is 2. The molecule has 1 aliphatic rings. The van der Waals surface area contributed by atoms with E-state index < -0.39 is 17.7 Å². The fourth-order valence-electron chi connectivity index (χ4n) is 4.94. The summed E-state index contributed by atoms with van der Waals surface area (Å²) in [5.74, 6) is -0.766. The van der Waals surface area contributed by atoms with Crippen molar-refractivity contribution in [3.05, 3.63) is 140 Å². The number of hydrogen-bond donors (Lipinski definition) is 1. The quantitative estimate of drug-likeness (QED) is 0.0550. The molecule has 0 bridgehead atoms. The Hall–Kier alpha value is -4.15. The van der Waals surface area contributed by atoms with Gasteiger partial charge in [-0.3, -0.25) is 14.5 Å². The molecule has 45 heavy (non-hydrogen) atoms. The van der Waals surface area contributed by atoms with Gasteiger partial charge in [-0.1, -0.05) is 113 Å². The molecule has 5 aromatic rings. The fraction of sp³-hybridized carbons (Fsp3) is 0.118. The zero-order valence-electron chi connectivity index (χ0n) is 23.8. The van der Waals surface area contributed by atoms with Crippen LogP contribution < -0.4 is 9.64 Å². The van der Waals surface area contributed by atoms with E-state index in [0.29, 0.717) is 38.6 Å². The van der Waals surface area contributed by atoms with E-state index in [0.717, 1.165) is 16.7 Å². The zero-order chi connectivity index (χ0) is 31.5. The van der Waals surface area contributed by atoms with E-state index in [-0.39, 0.29) is 21.5 Å². The topological polar surface area (TPSA) is 92.6 Å². The molecule has 4 aromatic carbocycles. The third kappa shape index (κ3) is 6.77. The molecule has 0 radical (unpaired) electrons. The van der Waals surface area contributed by atoms with Crippen LogP contribution in [0.15, 0.2) is 107 Å². The molecule has 2 heterocycles. The van der Waals surface area contributed by atoms with Crippen LogP contribution in [0.5, 0.6) is 5.75 Å². The molecule has 0 aliphatic carbocycles. The van der Waals surface area contributed by atoms with Gasteiger partial charge < -0.3 is 9.84 Å². The van der Waals surface area contributed by atoms with E-state index in [1.807, 2.05) is 61.5 Å². The normalized spacial score (nSPS) is 15.9. The summed E-state index contributed by atoms with van der Waals surface area (Å²) >= 11 is 15.2. The van der Waals surface area contributed by atoms with Crippen LogP contribution in [-0.4, -0.2) is 27.0 Å². The van der Waals surface area contributed by atoms with Crippen LogP contribution in [0.1, 0.15) is 33.9 Å². The summed E-state index contributed by atoms with van der Waals surface area (Å²) in [4.78, 5) is 28.4. The summed E-state index contributed by atoms with van der Waals surface area (Å²) < 4.78 is 6.55. The molecule has 1 saturated heterocycles. The number of nitrogens with zero attached hydrogens (tertiary/aromatic N) is 3. The second-order valence-corrected chi connectivity index (χ2v) is 13.3. The number of aryl methyl sites for hydroxylation is 1. The van der Waals surface area contributed by atoms with E-state index >= 15 is 0 Å². The number of Topliss-reactive ketones (excluding diaryl/α,β-unsaturated/α-hetero) is 1. The maximum absolute atomic E-state index is 13.6. The number of aliphatic hydroxyl groups is 1. The number of carbonyl (C=O) groups excluding carboxylic acids is 2. The number of aliphatic hydroxyl groups excluding tert-OH is 1. The molecule has 1 atom stereocenters. The predicted molar refractivity (Wildman–Crippen MR) is 179 cm³/mol. The molecule has 7 nitrogen and oxygen atoms in total. The number of amides is 1. The van der Waals surface area contributed by atoms with Crippen molar-refractivity contribution >= 4 is 68.9 Å². The van der Waals surface area contributed by atoms with Gasteiger partial charge in [-0.15, -0.1) is 10.2 Å². The lowest BCUT2D eigenvalue weighted by atomic mass is 9.95. The van der Waals surface area contributed by atoms with E-state index in [9.17, 15) is 14.7 Å². The van der Waals surface area contributed by atoms with E-state index in [2.05, 4.69) is 10.2 Å². The van der Waals surface area contributed by atoms with Gasteiger partial charge in [0.2, 0.25) is 5.13 Å². The van der Waals surface area contributed by atoms with Gasteiger partial charge in [-0.2, -0.15) is 0 Å². The lowest BCUT2D eigenvalue weighted by Gasteiger charge is -2.23. The van der Waals surface area contributed by atoms with Crippen molar-refractivity contribution in [3.63, 3.8) is 0 Å². The number of rotatable bonds is 9. The first-order valence-electron chi connectivity index (χ1n) is 13.8. The van der Waals surface area contributed by atoms with Crippen molar-refractivity contribution in [2.45, 2.75) is 29.7 Å². The molecule has 1 aliphatic heterocycles. The van der Waals surface area contributed by atoms with E-state index in [1.165, 1.54) is 28.0 Å². The van der Waals surface area contributed by atoms with Crippen LogP contribution in [0, 0.1) is 6.92 Å². The Morgan fingerprint density at radius 2 is 1.67 bits per heavy atom. The van der Waals surface area contributed by atoms with Gasteiger partial charge in [0.05, 0.1) is 21.7 Å². The first-order chi connectivity index (χ1) is 21.8. The van der Waals surface area contributed by atoms with Gasteiger partial charge in [0, 0.05) is 11.3 Å². The standard InChI is InChI=1S/C34H25Cl2N3O4S2/c1-20-6-5-9-22(16-20)18-43-25-13-10-23(11-14-25)30(40)28-29(24-12-15-26(35)27(36)17-24)39(32(42)31(28)41)33-37-38-34(45-33)44-19-21-7-3-2-4-8-21/h2-17,29,40H,18-19H2,1H3. The van der Waals surface area contributed by atoms with Crippen LogP contribution in [0.2, 0.25) is 10.0 Å². The molecule has 0 spiro atoms. The monoisotopic (exact) mass is 673 g/mol. The van der Waals surface area contributed by atoms with Crippen molar-refractivity contribution in [1.29, 1.82) is 0 Å². The Kier molecular flexibility index (Phi) is 9.23. The maximum atomic E-state index is 13.6. The van der Waals surface area contributed by atoms with Gasteiger partial charge in [0.25, 0.3) is 5.78 Å². The van der Waals surface area contributed by atoms with Crippen molar-refractivity contribution in [2.75, 3.05) is 4.90 Å². The summed E-state index contributed by atoms with van der Waals surface area (Å²) in [6.45, 7) is 2.40. The highest BCUT2D eigenvalue weighted by Crippen LogP contribution is 2.45. The van der Waals surface area contributed by atoms with Crippen LogP contribution >= 0.6 is 46.3 Å². The van der Waals surface area contributed by atoms with Gasteiger partial charge in [0.1, 0.15) is 18.1 Å². The molecule has 6 rings (SSSR count). The highest BCUT2D eigenvalue weighted by atomic mass is 35.5. The molecule has 11 heteroatoms. The molecule has 1 aromatic heterocycles. The second kappa shape index (κ2) is 13.5. The largest absolute Gasteiger partial charge is 0.507 e. The Labute approximate surface area is 278 Å².